The van der Waals surface area contributed by atoms with Gasteiger partial charge >= 0.3 is 0 Å². The number of aryl methyl sites for hydroxylation is 2. The quantitative estimate of drug-likeness (QED) is 0.525. The molecule has 0 aliphatic carbocycles. The third-order valence-corrected chi connectivity index (χ3v) is 6.67. The number of para-hydroxylation sites is 1. The van der Waals surface area contributed by atoms with Crippen molar-refractivity contribution in [1.82, 2.24) is 10.2 Å². The van der Waals surface area contributed by atoms with Crippen molar-refractivity contribution in [1.29, 1.82) is 0 Å². The van der Waals surface area contributed by atoms with E-state index in [4.69, 9.17) is 11.6 Å². The van der Waals surface area contributed by atoms with Crippen molar-refractivity contribution < 1.29 is 4.79 Å². The van der Waals surface area contributed by atoms with E-state index in [2.05, 4.69) is 37.4 Å². The van der Waals surface area contributed by atoms with Gasteiger partial charge in [0.2, 0.25) is 5.91 Å². The van der Waals surface area contributed by atoms with Crippen LogP contribution in [0.2, 0.25) is 5.02 Å². The Hall–Kier alpha value is -2.77. The topological polar surface area (TPSA) is 61.4 Å². The number of benzene rings is 2. The molecule has 1 amide bonds. The third kappa shape index (κ3) is 5.53. The van der Waals surface area contributed by atoms with Crippen molar-refractivity contribution in [3.05, 3.63) is 70.7 Å². The molecule has 1 aromatic heterocycles. The first-order valence-electron chi connectivity index (χ1n) is 10.6. The molecule has 1 saturated heterocycles. The van der Waals surface area contributed by atoms with E-state index in [-0.39, 0.29) is 11.7 Å². The molecule has 0 saturated carbocycles. The lowest BCUT2D eigenvalue weighted by atomic mass is 10.1. The summed E-state index contributed by atoms with van der Waals surface area (Å²) in [6.07, 6.45) is 0. The zero-order chi connectivity index (χ0) is 22.5. The molecule has 2 aromatic carbocycles. The lowest BCUT2D eigenvalue weighted by Crippen LogP contribution is -2.47. The van der Waals surface area contributed by atoms with Crippen molar-refractivity contribution in [2.75, 3.05) is 47.0 Å². The Balaban J connectivity index is 1.27. The molecule has 166 valence electrons. The summed E-state index contributed by atoms with van der Waals surface area (Å²) in [5, 5.41) is 13.2. The Morgan fingerprint density at radius 3 is 2.44 bits per heavy atom. The van der Waals surface area contributed by atoms with Gasteiger partial charge in [-0.05, 0) is 49.7 Å². The summed E-state index contributed by atoms with van der Waals surface area (Å²) in [6, 6.07) is 17.8. The fourth-order valence-electron chi connectivity index (χ4n) is 3.72. The number of aromatic nitrogens is 2. The number of hydrogen-bond acceptors (Lipinski definition) is 6. The minimum Gasteiger partial charge on any atom is -0.367 e. The first-order chi connectivity index (χ1) is 15.5. The van der Waals surface area contributed by atoms with Crippen molar-refractivity contribution in [2.45, 2.75) is 18.9 Å². The van der Waals surface area contributed by atoms with Gasteiger partial charge in [-0.1, -0.05) is 53.2 Å². The van der Waals surface area contributed by atoms with Crippen molar-refractivity contribution in [2.24, 2.45) is 0 Å². The molecule has 0 atom stereocenters. The van der Waals surface area contributed by atoms with Crippen LogP contribution < -0.4 is 15.1 Å². The number of nitrogens with one attached hydrogen (secondary N) is 1. The standard InChI is InChI=1S/C24H26ClN5OS/c1-17-7-8-20(18(2)15-17)26-23(31)16-32-24-10-9-22(27-28-24)30-13-11-29(12-14-30)21-6-4-3-5-19(21)25/h3-10,15H,11-14,16H2,1-2H3,(H,26,31). The fourth-order valence-corrected chi connectivity index (χ4v) is 4.59. The SMILES string of the molecule is Cc1ccc(NC(=O)CSc2ccc(N3CCN(c4ccccc4Cl)CC3)nn2)c(C)c1. The molecular formula is C24H26ClN5OS. The summed E-state index contributed by atoms with van der Waals surface area (Å²) in [4.78, 5) is 16.8. The summed E-state index contributed by atoms with van der Waals surface area (Å²) in [5.74, 6) is 1.09. The number of carbonyl (C=O) groups excluding carboxylic acids is 1. The smallest absolute Gasteiger partial charge is 0.234 e. The summed E-state index contributed by atoms with van der Waals surface area (Å²) in [7, 11) is 0. The number of thioether (sulfide) groups is 1. The van der Waals surface area contributed by atoms with Crippen LogP contribution in [0.25, 0.3) is 0 Å². The van der Waals surface area contributed by atoms with Crippen LogP contribution in [0.3, 0.4) is 0 Å². The average Bonchev–Trinajstić information content (AvgIpc) is 2.80. The molecule has 32 heavy (non-hydrogen) atoms. The molecule has 0 radical (unpaired) electrons. The highest BCUT2D eigenvalue weighted by molar-refractivity contribution is 7.99. The van der Waals surface area contributed by atoms with Crippen LogP contribution in [0.15, 0.2) is 59.6 Å². The van der Waals surface area contributed by atoms with E-state index in [0.717, 1.165) is 59.0 Å². The normalized spacial score (nSPS) is 13.8. The van der Waals surface area contributed by atoms with Gasteiger partial charge in [0.05, 0.1) is 16.5 Å². The molecule has 2 heterocycles. The predicted molar refractivity (Wildman–Crippen MR) is 133 cm³/mol. The second-order valence-electron chi connectivity index (χ2n) is 7.81. The number of piperazine rings is 1. The van der Waals surface area contributed by atoms with Crippen LogP contribution in [0.5, 0.6) is 0 Å². The number of rotatable bonds is 6. The van der Waals surface area contributed by atoms with Gasteiger partial charge in [0.1, 0.15) is 5.03 Å². The second-order valence-corrected chi connectivity index (χ2v) is 9.21. The molecule has 1 N–H and O–H groups in total. The van der Waals surface area contributed by atoms with Crippen molar-refractivity contribution in [3.8, 4) is 0 Å². The first-order valence-corrected chi connectivity index (χ1v) is 11.9. The molecule has 6 nitrogen and oxygen atoms in total. The summed E-state index contributed by atoms with van der Waals surface area (Å²) >= 11 is 7.72. The number of amides is 1. The Morgan fingerprint density at radius 2 is 1.75 bits per heavy atom. The van der Waals surface area contributed by atoms with Crippen LogP contribution in [-0.2, 0) is 4.79 Å². The van der Waals surface area contributed by atoms with Crippen LogP contribution in [0.1, 0.15) is 11.1 Å². The third-order valence-electron chi connectivity index (χ3n) is 5.43. The van der Waals surface area contributed by atoms with Crippen LogP contribution in [-0.4, -0.2) is 48.0 Å². The lowest BCUT2D eigenvalue weighted by molar-refractivity contribution is -0.113. The summed E-state index contributed by atoms with van der Waals surface area (Å²) < 4.78 is 0. The van der Waals surface area contributed by atoms with E-state index in [1.807, 2.05) is 56.3 Å². The Labute approximate surface area is 198 Å². The van der Waals surface area contributed by atoms with Gasteiger partial charge in [-0.15, -0.1) is 10.2 Å². The maximum atomic E-state index is 12.3. The van der Waals surface area contributed by atoms with Gasteiger partial charge in [0.15, 0.2) is 5.82 Å². The molecule has 0 bridgehead atoms. The van der Waals surface area contributed by atoms with Gasteiger partial charge in [-0.25, -0.2) is 0 Å². The Bertz CT molecular complexity index is 1080. The summed E-state index contributed by atoms with van der Waals surface area (Å²) in [6.45, 7) is 7.49. The maximum absolute atomic E-state index is 12.3. The number of halogens is 1. The van der Waals surface area contributed by atoms with Gasteiger partial charge in [-0.3, -0.25) is 4.79 Å². The molecule has 0 spiro atoms. The minimum absolute atomic E-state index is 0.0523. The number of hydrogen-bond donors (Lipinski definition) is 1. The maximum Gasteiger partial charge on any atom is 0.234 e. The van der Waals surface area contributed by atoms with Gasteiger partial charge in [0, 0.05) is 31.9 Å². The van der Waals surface area contributed by atoms with Crippen LogP contribution >= 0.6 is 23.4 Å². The number of nitrogens with zero attached hydrogens (tertiary/aromatic N) is 4. The number of anilines is 3. The average molecular weight is 468 g/mol. The number of carbonyl (C=O) groups is 1. The molecule has 1 aliphatic rings. The zero-order valence-electron chi connectivity index (χ0n) is 18.2. The molecule has 8 heteroatoms. The van der Waals surface area contributed by atoms with Crippen molar-refractivity contribution in [3.63, 3.8) is 0 Å². The van der Waals surface area contributed by atoms with E-state index in [9.17, 15) is 4.79 Å². The second kappa shape index (κ2) is 10.2. The van der Waals surface area contributed by atoms with Gasteiger partial charge in [0.25, 0.3) is 0 Å². The van der Waals surface area contributed by atoms with Gasteiger partial charge in [-0.2, -0.15) is 0 Å². The van der Waals surface area contributed by atoms with Crippen LogP contribution in [0, 0.1) is 13.8 Å². The zero-order valence-corrected chi connectivity index (χ0v) is 19.8. The Morgan fingerprint density at radius 1 is 1.00 bits per heavy atom. The van der Waals surface area contributed by atoms with Crippen molar-refractivity contribution >= 4 is 46.5 Å². The molecule has 1 aliphatic heterocycles. The molecule has 1 fully saturated rings. The monoisotopic (exact) mass is 467 g/mol. The molecule has 0 unspecified atom stereocenters. The van der Waals surface area contributed by atoms with Gasteiger partial charge < -0.3 is 15.1 Å². The van der Waals surface area contributed by atoms with E-state index >= 15 is 0 Å². The predicted octanol–water partition coefficient (Wildman–Crippen LogP) is 4.80. The first kappa shape index (κ1) is 22.4. The minimum atomic E-state index is -0.0523. The highest BCUT2D eigenvalue weighted by Crippen LogP contribution is 2.27. The fraction of sp³-hybridized carbons (Fsp3) is 0.292. The van der Waals surface area contributed by atoms with E-state index in [0.29, 0.717) is 0 Å². The van der Waals surface area contributed by atoms with E-state index in [1.165, 1.54) is 17.3 Å². The largest absolute Gasteiger partial charge is 0.367 e. The highest BCUT2D eigenvalue weighted by Gasteiger charge is 2.20. The molecule has 3 aromatic rings. The molecule has 4 rings (SSSR count). The Kier molecular flexibility index (Phi) is 7.17. The summed E-state index contributed by atoms with van der Waals surface area (Å²) in [5.41, 5.74) is 4.15. The lowest BCUT2D eigenvalue weighted by Gasteiger charge is -2.36. The van der Waals surface area contributed by atoms with E-state index in [1.54, 1.807) is 0 Å². The van der Waals surface area contributed by atoms with E-state index < -0.39 is 0 Å². The molecular weight excluding hydrogens is 442 g/mol. The van der Waals surface area contributed by atoms with Crippen LogP contribution in [0.4, 0.5) is 17.2 Å². The highest BCUT2D eigenvalue weighted by atomic mass is 35.5.